The van der Waals surface area contributed by atoms with Gasteiger partial charge in [-0.2, -0.15) is 0 Å². The van der Waals surface area contributed by atoms with Crippen LogP contribution in [0.1, 0.15) is 78.1 Å². The number of ether oxygens (including phenoxy) is 2. The molecule has 0 heterocycles. The van der Waals surface area contributed by atoms with Gasteiger partial charge >= 0.3 is 11.9 Å². The maximum Gasteiger partial charge on any atom is 0.310 e. The standard InChI is InChI=1S/C20H34O4/c1-3-5-7-11-15-23-19(21)17-13-9-10-14-18(17)20(22)24-16-12-8-6-4-2/h9-10,17-18H,3-8,11-16H2,1-2H3/t17-,18-/m1/s1. The van der Waals surface area contributed by atoms with E-state index in [1.807, 2.05) is 12.2 Å². The SMILES string of the molecule is CCCCCCOC(=O)[C@@H]1CC=CC[C@H]1C(=O)OCCCCCC. The van der Waals surface area contributed by atoms with Gasteiger partial charge in [-0.15, -0.1) is 0 Å². The third kappa shape index (κ3) is 7.98. The van der Waals surface area contributed by atoms with E-state index in [9.17, 15) is 9.59 Å². The van der Waals surface area contributed by atoms with Crippen molar-refractivity contribution in [3.8, 4) is 0 Å². The molecule has 0 saturated heterocycles. The van der Waals surface area contributed by atoms with E-state index in [2.05, 4.69) is 13.8 Å². The van der Waals surface area contributed by atoms with Crippen LogP contribution in [-0.4, -0.2) is 25.2 Å². The van der Waals surface area contributed by atoms with Gasteiger partial charge in [0, 0.05) is 0 Å². The van der Waals surface area contributed by atoms with Crippen molar-refractivity contribution in [1.82, 2.24) is 0 Å². The van der Waals surface area contributed by atoms with E-state index in [-0.39, 0.29) is 23.8 Å². The number of unbranched alkanes of at least 4 members (excludes halogenated alkanes) is 6. The molecule has 0 aliphatic heterocycles. The quantitative estimate of drug-likeness (QED) is 0.291. The predicted molar refractivity (Wildman–Crippen MR) is 95.6 cm³/mol. The average molecular weight is 338 g/mol. The minimum absolute atomic E-state index is 0.246. The molecule has 0 aromatic carbocycles. The Morgan fingerprint density at radius 1 is 0.750 bits per heavy atom. The largest absolute Gasteiger partial charge is 0.465 e. The Morgan fingerprint density at radius 2 is 1.17 bits per heavy atom. The molecule has 0 unspecified atom stereocenters. The molecule has 0 aromatic rings. The molecule has 0 aromatic heterocycles. The van der Waals surface area contributed by atoms with Crippen molar-refractivity contribution in [2.75, 3.05) is 13.2 Å². The van der Waals surface area contributed by atoms with E-state index < -0.39 is 0 Å². The molecule has 0 spiro atoms. The second kappa shape index (κ2) is 13.0. The van der Waals surface area contributed by atoms with E-state index in [1.54, 1.807) is 0 Å². The number of carbonyl (C=O) groups is 2. The summed E-state index contributed by atoms with van der Waals surface area (Å²) < 4.78 is 10.8. The van der Waals surface area contributed by atoms with Gasteiger partial charge in [0.2, 0.25) is 0 Å². The molecule has 1 aliphatic carbocycles. The predicted octanol–water partition coefficient (Wildman–Crippen LogP) is 4.82. The molecule has 1 aliphatic rings. The van der Waals surface area contributed by atoms with Crippen molar-refractivity contribution < 1.29 is 19.1 Å². The van der Waals surface area contributed by atoms with Gasteiger partial charge in [-0.1, -0.05) is 64.5 Å². The van der Waals surface area contributed by atoms with Gasteiger partial charge in [-0.25, -0.2) is 0 Å². The Bertz CT molecular complexity index is 353. The summed E-state index contributed by atoms with van der Waals surface area (Å²) in [4.78, 5) is 24.6. The van der Waals surface area contributed by atoms with Gasteiger partial charge in [0.1, 0.15) is 0 Å². The first-order valence-corrected chi connectivity index (χ1v) is 9.69. The van der Waals surface area contributed by atoms with Gasteiger partial charge < -0.3 is 9.47 Å². The van der Waals surface area contributed by atoms with Gasteiger partial charge in [0.05, 0.1) is 25.0 Å². The summed E-state index contributed by atoms with van der Waals surface area (Å²) in [5.41, 5.74) is 0. The average Bonchev–Trinajstić information content (AvgIpc) is 2.61. The summed E-state index contributed by atoms with van der Waals surface area (Å²) in [6.07, 6.45) is 13.7. The number of rotatable bonds is 12. The Hall–Kier alpha value is -1.32. The fraction of sp³-hybridized carbons (Fsp3) is 0.800. The number of carbonyl (C=O) groups excluding carboxylic acids is 2. The molecule has 0 bridgehead atoms. The van der Waals surface area contributed by atoms with Gasteiger partial charge in [0.15, 0.2) is 0 Å². The Balaban J connectivity index is 2.36. The molecule has 0 saturated carbocycles. The van der Waals surface area contributed by atoms with Crippen LogP contribution in [0, 0.1) is 11.8 Å². The third-order valence-corrected chi connectivity index (χ3v) is 4.52. The van der Waals surface area contributed by atoms with Crippen LogP contribution in [0.15, 0.2) is 12.2 Å². The van der Waals surface area contributed by atoms with E-state index in [4.69, 9.17) is 9.47 Å². The van der Waals surface area contributed by atoms with Gasteiger partial charge in [0.25, 0.3) is 0 Å². The van der Waals surface area contributed by atoms with Crippen molar-refractivity contribution >= 4 is 11.9 Å². The molecule has 0 fully saturated rings. The molecular formula is C20H34O4. The summed E-state index contributed by atoms with van der Waals surface area (Å²) in [6, 6.07) is 0. The lowest BCUT2D eigenvalue weighted by Crippen LogP contribution is -2.34. The maximum atomic E-state index is 12.3. The van der Waals surface area contributed by atoms with Crippen LogP contribution in [-0.2, 0) is 19.1 Å². The number of hydrogen-bond donors (Lipinski definition) is 0. The van der Waals surface area contributed by atoms with Crippen LogP contribution in [0.2, 0.25) is 0 Å². The number of allylic oxidation sites excluding steroid dienone is 2. The molecule has 138 valence electrons. The smallest absolute Gasteiger partial charge is 0.310 e. The third-order valence-electron chi connectivity index (χ3n) is 4.52. The molecular weight excluding hydrogens is 304 g/mol. The van der Waals surface area contributed by atoms with Crippen molar-refractivity contribution in [2.24, 2.45) is 11.8 Å². The highest BCUT2D eigenvalue weighted by molar-refractivity contribution is 5.82. The molecule has 4 heteroatoms. The first-order chi connectivity index (χ1) is 11.7. The first-order valence-electron chi connectivity index (χ1n) is 9.69. The highest BCUT2D eigenvalue weighted by Crippen LogP contribution is 2.28. The lowest BCUT2D eigenvalue weighted by atomic mass is 9.83. The minimum Gasteiger partial charge on any atom is -0.465 e. The van der Waals surface area contributed by atoms with E-state index in [0.717, 1.165) is 51.4 Å². The summed E-state index contributed by atoms with van der Waals surface area (Å²) >= 11 is 0. The second-order valence-corrected chi connectivity index (χ2v) is 6.61. The zero-order chi connectivity index (χ0) is 17.6. The van der Waals surface area contributed by atoms with Crippen LogP contribution < -0.4 is 0 Å². The normalized spacial score (nSPS) is 19.9. The fourth-order valence-electron chi connectivity index (χ4n) is 2.95. The Labute approximate surface area is 147 Å². The molecule has 1 rings (SSSR count). The molecule has 0 amide bonds. The summed E-state index contributed by atoms with van der Waals surface area (Å²) in [5, 5.41) is 0. The zero-order valence-electron chi connectivity index (χ0n) is 15.4. The van der Waals surface area contributed by atoms with E-state index in [1.165, 1.54) is 0 Å². The van der Waals surface area contributed by atoms with Crippen LogP contribution in [0.3, 0.4) is 0 Å². The van der Waals surface area contributed by atoms with Crippen molar-refractivity contribution in [2.45, 2.75) is 78.1 Å². The van der Waals surface area contributed by atoms with Crippen LogP contribution >= 0.6 is 0 Å². The minimum atomic E-state index is -0.385. The van der Waals surface area contributed by atoms with E-state index >= 15 is 0 Å². The van der Waals surface area contributed by atoms with Crippen LogP contribution in [0.25, 0.3) is 0 Å². The summed E-state index contributed by atoms with van der Waals surface area (Å²) in [5.74, 6) is -1.26. The summed E-state index contributed by atoms with van der Waals surface area (Å²) in [7, 11) is 0. The monoisotopic (exact) mass is 338 g/mol. The Morgan fingerprint density at radius 3 is 1.54 bits per heavy atom. The molecule has 24 heavy (non-hydrogen) atoms. The second-order valence-electron chi connectivity index (χ2n) is 6.61. The highest BCUT2D eigenvalue weighted by Gasteiger charge is 2.36. The van der Waals surface area contributed by atoms with Crippen LogP contribution in [0.5, 0.6) is 0 Å². The number of hydrogen-bond acceptors (Lipinski definition) is 4. The maximum absolute atomic E-state index is 12.3. The molecule has 0 radical (unpaired) electrons. The Kier molecular flexibility index (Phi) is 11.2. The lowest BCUT2D eigenvalue weighted by Gasteiger charge is -2.25. The highest BCUT2D eigenvalue weighted by atomic mass is 16.5. The van der Waals surface area contributed by atoms with Crippen molar-refractivity contribution in [3.63, 3.8) is 0 Å². The molecule has 0 N–H and O–H groups in total. The van der Waals surface area contributed by atoms with Crippen molar-refractivity contribution in [3.05, 3.63) is 12.2 Å². The number of esters is 2. The zero-order valence-corrected chi connectivity index (χ0v) is 15.4. The van der Waals surface area contributed by atoms with Crippen molar-refractivity contribution in [1.29, 1.82) is 0 Å². The van der Waals surface area contributed by atoms with Gasteiger partial charge in [-0.05, 0) is 25.7 Å². The molecule has 2 atom stereocenters. The lowest BCUT2D eigenvalue weighted by molar-refractivity contribution is -0.161. The topological polar surface area (TPSA) is 52.6 Å². The fourth-order valence-corrected chi connectivity index (χ4v) is 2.95. The summed E-state index contributed by atoms with van der Waals surface area (Å²) in [6.45, 7) is 5.22. The molecule has 4 nitrogen and oxygen atoms in total. The first kappa shape index (κ1) is 20.7. The van der Waals surface area contributed by atoms with Gasteiger partial charge in [-0.3, -0.25) is 9.59 Å². The van der Waals surface area contributed by atoms with E-state index in [0.29, 0.717) is 26.1 Å². The van der Waals surface area contributed by atoms with Crippen LogP contribution in [0.4, 0.5) is 0 Å².